The van der Waals surface area contributed by atoms with Crippen LogP contribution in [0.15, 0.2) is 4.79 Å². The van der Waals surface area contributed by atoms with Crippen molar-refractivity contribution in [2.75, 3.05) is 19.6 Å². The molecule has 2 aromatic heterocycles. The summed E-state index contributed by atoms with van der Waals surface area (Å²) in [6.45, 7) is 6.33. The van der Waals surface area contributed by atoms with Crippen LogP contribution in [-0.2, 0) is 4.79 Å². The van der Waals surface area contributed by atoms with E-state index in [1.54, 1.807) is 11.3 Å². The highest BCUT2D eigenvalue weighted by Gasteiger charge is 2.34. The Morgan fingerprint density at radius 2 is 1.77 bits per heavy atom. The topological polar surface area (TPSA) is 67.2 Å². The Morgan fingerprint density at radius 3 is 2.45 bits per heavy atom. The van der Waals surface area contributed by atoms with Gasteiger partial charge in [-0.05, 0) is 57.9 Å². The minimum absolute atomic E-state index is 0.155. The van der Waals surface area contributed by atoms with E-state index in [1.165, 1.54) is 24.1 Å². The largest absolute Gasteiger partial charge is 0.352 e. The Hall–Kier alpha value is -1.73. The van der Waals surface area contributed by atoms with Gasteiger partial charge in [0.1, 0.15) is 10.7 Å². The van der Waals surface area contributed by atoms with Crippen molar-refractivity contribution < 1.29 is 4.79 Å². The van der Waals surface area contributed by atoms with E-state index in [4.69, 9.17) is 4.98 Å². The number of amides is 1. The molecule has 1 amide bonds. The number of nitrogens with zero attached hydrogens (tertiary/aromatic N) is 3. The van der Waals surface area contributed by atoms with E-state index in [9.17, 15) is 9.59 Å². The number of hydrogen-bond acceptors (Lipinski definition) is 5. The molecule has 31 heavy (non-hydrogen) atoms. The van der Waals surface area contributed by atoms with E-state index < -0.39 is 0 Å². The van der Waals surface area contributed by atoms with E-state index in [1.807, 2.05) is 11.5 Å². The Balaban J connectivity index is 1.28. The highest BCUT2D eigenvalue weighted by Crippen LogP contribution is 2.41. The molecule has 0 spiro atoms. The fraction of sp³-hybridized carbons (Fsp3) is 0.708. The number of hydrogen-bond donors (Lipinski definition) is 1. The van der Waals surface area contributed by atoms with Crippen molar-refractivity contribution in [3.8, 4) is 0 Å². The lowest BCUT2D eigenvalue weighted by molar-refractivity contribution is -0.123. The third-order valence-electron chi connectivity index (χ3n) is 7.46. The summed E-state index contributed by atoms with van der Waals surface area (Å²) < 4.78 is 2.04. The molecule has 2 saturated carbocycles. The van der Waals surface area contributed by atoms with Crippen LogP contribution in [0.2, 0.25) is 0 Å². The van der Waals surface area contributed by atoms with Crippen LogP contribution in [-0.4, -0.2) is 46.0 Å². The van der Waals surface area contributed by atoms with E-state index in [0.29, 0.717) is 18.5 Å². The maximum absolute atomic E-state index is 13.5. The minimum Gasteiger partial charge on any atom is -0.352 e. The lowest BCUT2D eigenvalue weighted by Crippen LogP contribution is -2.46. The molecule has 1 saturated heterocycles. The van der Waals surface area contributed by atoms with Gasteiger partial charge >= 0.3 is 0 Å². The highest BCUT2D eigenvalue weighted by molar-refractivity contribution is 7.18. The smallest absolute Gasteiger partial charge is 0.262 e. The summed E-state index contributed by atoms with van der Waals surface area (Å²) in [5.74, 6) is 1.61. The fourth-order valence-electron chi connectivity index (χ4n) is 5.36. The first-order valence-corrected chi connectivity index (χ1v) is 12.9. The summed E-state index contributed by atoms with van der Waals surface area (Å²) >= 11 is 1.65. The zero-order valence-electron chi connectivity index (χ0n) is 18.8. The summed E-state index contributed by atoms with van der Waals surface area (Å²) in [7, 11) is 0. The molecule has 3 aliphatic rings. The first kappa shape index (κ1) is 21.1. The monoisotopic (exact) mass is 442 g/mol. The zero-order valence-corrected chi connectivity index (χ0v) is 19.6. The standard InChI is InChI=1S/C24H34N4O2S/c1-15-16(2)31-23-21(15)24(30)28(22(26-23)17-8-9-17)19-10-12-27(13-11-19)14-20(29)25-18-6-4-3-5-7-18/h17-19H,3-14H2,1-2H3,(H,25,29). The number of likely N-dealkylation sites (tertiary alicyclic amines) is 1. The summed E-state index contributed by atoms with van der Waals surface area (Å²) in [4.78, 5) is 35.4. The van der Waals surface area contributed by atoms with Gasteiger partial charge in [0.05, 0.1) is 11.9 Å². The van der Waals surface area contributed by atoms with Crippen molar-refractivity contribution in [3.63, 3.8) is 0 Å². The van der Waals surface area contributed by atoms with Crippen LogP contribution in [0, 0.1) is 13.8 Å². The van der Waals surface area contributed by atoms with Crippen LogP contribution in [0.3, 0.4) is 0 Å². The van der Waals surface area contributed by atoms with Crippen LogP contribution in [0.25, 0.3) is 10.2 Å². The maximum Gasteiger partial charge on any atom is 0.262 e. The van der Waals surface area contributed by atoms with Crippen molar-refractivity contribution in [3.05, 3.63) is 26.6 Å². The molecule has 2 aromatic rings. The number of thiophene rings is 1. The van der Waals surface area contributed by atoms with E-state index >= 15 is 0 Å². The molecule has 6 nitrogen and oxygen atoms in total. The molecule has 0 radical (unpaired) electrons. The van der Waals surface area contributed by atoms with Crippen LogP contribution in [0.1, 0.15) is 86.0 Å². The molecule has 7 heteroatoms. The van der Waals surface area contributed by atoms with Crippen molar-refractivity contribution >= 4 is 27.5 Å². The third-order valence-corrected chi connectivity index (χ3v) is 8.57. The van der Waals surface area contributed by atoms with E-state index in [2.05, 4.69) is 17.1 Å². The fourth-order valence-corrected chi connectivity index (χ4v) is 6.39. The van der Waals surface area contributed by atoms with Gasteiger partial charge in [0.25, 0.3) is 5.56 Å². The number of nitrogens with one attached hydrogen (secondary N) is 1. The first-order chi connectivity index (χ1) is 15.0. The quantitative estimate of drug-likeness (QED) is 0.759. The molecule has 1 N–H and O–H groups in total. The summed E-state index contributed by atoms with van der Waals surface area (Å²) in [6, 6.07) is 0.561. The Labute approximate surface area is 188 Å². The first-order valence-electron chi connectivity index (χ1n) is 12.0. The molecule has 1 aliphatic heterocycles. The second-order valence-electron chi connectivity index (χ2n) is 9.79. The van der Waals surface area contributed by atoms with E-state index in [-0.39, 0.29) is 17.5 Å². The normalized spacial score (nSPS) is 21.6. The lowest BCUT2D eigenvalue weighted by Gasteiger charge is -2.34. The molecule has 0 unspecified atom stereocenters. The SMILES string of the molecule is Cc1sc2nc(C3CC3)n(C3CCN(CC(=O)NC4CCCCC4)CC3)c(=O)c2c1C. The molecular weight excluding hydrogens is 408 g/mol. The molecule has 3 fully saturated rings. The van der Waals surface area contributed by atoms with Crippen LogP contribution in [0.5, 0.6) is 0 Å². The number of carbonyl (C=O) groups is 1. The van der Waals surface area contributed by atoms with Gasteiger partial charge in [0.15, 0.2) is 0 Å². The molecule has 2 aliphatic carbocycles. The second kappa shape index (κ2) is 8.66. The summed E-state index contributed by atoms with van der Waals surface area (Å²) in [5.41, 5.74) is 1.24. The number of carbonyl (C=O) groups excluding carboxylic acids is 1. The lowest BCUT2D eigenvalue weighted by atomic mass is 9.95. The van der Waals surface area contributed by atoms with Gasteiger partial charge in [-0.15, -0.1) is 11.3 Å². The van der Waals surface area contributed by atoms with Crippen molar-refractivity contribution in [2.24, 2.45) is 0 Å². The zero-order chi connectivity index (χ0) is 21.5. The second-order valence-corrected chi connectivity index (χ2v) is 11.0. The Morgan fingerprint density at radius 1 is 1.06 bits per heavy atom. The molecule has 0 bridgehead atoms. The van der Waals surface area contributed by atoms with Gasteiger partial charge in [0, 0.05) is 36.0 Å². The Bertz CT molecular complexity index is 1020. The van der Waals surface area contributed by atoms with Gasteiger partial charge < -0.3 is 5.32 Å². The molecule has 0 atom stereocenters. The molecule has 3 heterocycles. The molecular formula is C24H34N4O2S. The van der Waals surface area contributed by atoms with Gasteiger partial charge in [-0.1, -0.05) is 19.3 Å². The van der Waals surface area contributed by atoms with E-state index in [0.717, 1.165) is 73.2 Å². The van der Waals surface area contributed by atoms with Crippen molar-refractivity contribution in [2.45, 2.75) is 89.6 Å². The van der Waals surface area contributed by atoms with Gasteiger partial charge in [-0.25, -0.2) is 4.98 Å². The molecule has 5 rings (SSSR count). The van der Waals surface area contributed by atoms with Crippen molar-refractivity contribution in [1.29, 1.82) is 0 Å². The molecule has 168 valence electrons. The average molecular weight is 443 g/mol. The minimum atomic E-state index is 0.155. The van der Waals surface area contributed by atoms with Crippen LogP contribution in [0.4, 0.5) is 0 Å². The number of aryl methyl sites for hydroxylation is 2. The van der Waals surface area contributed by atoms with Gasteiger partial charge in [-0.3, -0.25) is 19.1 Å². The molecule has 0 aromatic carbocycles. The number of rotatable bonds is 5. The Kier molecular flexibility index (Phi) is 5.90. The highest BCUT2D eigenvalue weighted by atomic mass is 32.1. The predicted molar refractivity (Wildman–Crippen MR) is 125 cm³/mol. The van der Waals surface area contributed by atoms with Gasteiger partial charge in [0.2, 0.25) is 5.91 Å². The predicted octanol–water partition coefficient (Wildman–Crippen LogP) is 4.04. The van der Waals surface area contributed by atoms with Crippen LogP contribution >= 0.6 is 11.3 Å². The summed E-state index contributed by atoms with van der Waals surface area (Å²) in [5, 5.41) is 4.06. The van der Waals surface area contributed by atoms with Gasteiger partial charge in [-0.2, -0.15) is 0 Å². The van der Waals surface area contributed by atoms with Crippen LogP contribution < -0.4 is 10.9 Å². The van der Waals surface area contributed by atoms with Crippen molar-refractivity contribution in [1.82, 2.24) is 19.8 Å². The maximum atomic E-state index is 13.5. The summed E-state index contributed by atoms with van der Waals surface area (Å²) in [6.07, 6.45) is 10.1. The number of piperidine rings is 1. The number of fused-ring (bicyclic) bond motifs is 1. The number of aromatic nitrogens is 2. The third kappa shape index (κ3) is 4.31. The average Bonchev–Trinajstić information content (AvgIpc) is 3.56.